The highest BCUT2D eigenvalue weighted by Crippen LogP contribution is 2.31. The number of benzene rings is 2. The molecule has 10 nitrogen and oxygen atoms in total. The highest BCUT2D eigenvalue weighted by molar-refractivity contribution is 7.21. The first-order valence-corrected chi connectivity index (χ1v) is 17.3. The van der Waals surface area contributed by atoms with E-state index in [1.807, 2.05) is 34.6 Å². The quantitative estimate of drug-likeness (QED) is 0.133. The van der Waals surface area contributed by atoms with Crippen molar-refractivity contribution in [1.29, 1.82) is 0 Å². The largest absolute Gasteiger partial charge is 0.378 e. The number of nitrogens with zero attached hydrogens (tertiary/aromatic N) is 3. The van der Waals surface area contributed by atoms with Crippen LogP contribution in [0.3, 0.4) is 0 Å². The lowest BCUT2D eigenvalue weighted by Gasteiger charge is -2.25. The second kappa shape index (κ2) is 19.1. The van der Waals surface area contributed by atoms with Gasteiger partial charge in [0.25, 0.3) is 0 Å². The molecule has 1 aromatic carbocycles. The third-order valence-corrected chi connectivity index (χ3v) is 8.58. The van der Waals surface area contributed by atoms with Gasteiger partial charge in [-0.25, -0.2) is 9.56 Å². The van der Waals surface area contributed by atoms with Crippen LogP contribution in [0.2, 0.25) is 0 Å². The Balaban J connectivity index is 0.000000338. The average molecular weight is 668 g/mol. The summed E-state index contributed by atoms with van der Waals surface area (Å²) in [5.41, 5.74) is 3.33. The molecule has 1 aliphatic carbocycles. The van der Waals surface area contributed by atoms with Crippen LogP contribution in [-0.4, -0.2) is 75.3 Å². The molecule has 1 aromatic rings. The zero-order valence-corrected chi connectivity index (χ0v) is 30.7. The molecule has 3 rings (SSSR count). The lowest BCUT2D eigenvalue weighted by molar-refractivity contribution is -0.133. The number of hydrogen-bond donors (Lipinski definition) is 3. The Labute approximate surface area is 284 Å². The smallest absolute Gasteiger partial charge is 0.243 e. The number of rotatable bonds is 14. The molecule has 0 radical (unpaired) electrons. The number of fused-ring (bicyclic) bond motifs is 2. The number of nitrogens with one attached hydrogen (secondary N) is 3. The van der Waals surface area contributed by atoms with Gasteiger partial charge in [-0.2, -0.15) is 0 Å². The number of aldehydes is 1. The van der Waals surface area contributed by atoms with E-state index in [0.29, 0.717) is 19.3 Å². The first-order chi connectivity index (χ1) is 22.1. The molecule has 258 valence electrons. The van der Waals surface area contributed by atoms with Crippen molar-refractivity contribution in [1.82, 2.24) is 25.5 Å². The predicted molar refractivity (Wildman–Crippen MR) is 194 cm³/mol. The fraction of sp³-hybridized carbons (Fsp3) is 0.556. The van der Waals surface area contributed by atoms with Gasteiger partial charge in [0.1, 0.15) is 32.5 Å². The second-order valence-electron chi connectivity index (χ2n) is 13.3. The lowest BCUT2D eigenvalue weighted by Crippen LogP contribution is -2.55. The molecule has 47 heavy (non-hydrogen) atoms. The summed E-state index contributed by atoms with van der Waals surface area (Å²) < 4.78 is 3.34. The Bertz CT molecular complexity index is 1530. The van der Waals surface area contributed by atoms with Gasteiger partial charge < -0.3 is 25.6 Å². The minimum absolute atomic E-state index is 0.177. The fourth-order valence-electron chi connectivity index (χ4n) is 4.96. The number of amides is 3. The van der Waals surface area contributed by atoms with Gasteiger partial charge in [-0.15, -0.1) is 11.3 Å². The zero-order chi connectivity index (χ0) is 35.3. The number of carbonyl (C=O) groups is 4. The number of carbonyl (C=O) groups excluding carboxylic acids is 4. The van der Waals surface area contributed by atoms with E-state index < -0.39 is 18.1 Å². The van der Waals surface area contributed by atoms with E-state index in [1.165, 1.54) is 27.5 Å². The molecule has 0 aromatic heterocycles. The maximum Gasteiger partial charge on any atom is 0.243 e. The molecule has 2 aliphatic rings. The number of aromatic nitrogens is 1. The van der Waals surface area contributed by atoms with Gasteiger partial charge in [0.2, 0.25) is 23.1 Å². The third-order valence-electron chi connectivity index (χ3n) is 7.48. The summed E-state index contributed by atoms with van der Waals surface area (Å²) >= 11 is 1.80. The van der Waals surface area contributed by atoms with E-state index in [9.17, 15) is 19.2 Å². The maximum atomic E-state index is 12.7. The molecule has 0 bridgehead atoms. The number of hydrogen-bond acceptors (Lipinski definition) is 7. The van der Waals surface area contributed by atoms with Gasteiger partial charge >= 0.3 is 0 Å². The van der Waals surface area contributed by atoms with Crippen molar-refractivity contribution in [2.75, 3.05) is 33.1 Å². The highest BCUT2D eigenvalue weighted by Gasteiger charge is 2.28. The van der Waals surface area contributed by atoms with Crippen molar-refractivity contribution in [3.05, 3.63) is 41.8 Å². The Kier molecular flexibility index (Phi) is 16.0. The summed E-state index contributed by atoms with van der Waals surface area (Å²) in [7, 11) is 8.24. The SMILES string of the molecule is CCCC[C@@H](C=O)NC(=O)[C@H](CC(C)C)NC(=O)[C@H](CC(C)C)NC(C)=O.CN(C)c1ccc2nc3ccc(=[N+](C)C)cc-3sc2c1. The van der Waals surface area contributed by atoms with Crippen molar-refractivity contribution < 1.29 is 19.2 Å². The number of anilines is 1. The van der Waals surface area contributed by atoms with Crippen LogP contribution >= 0.6 is 11.3 Å². The first kappa shape index (κ1) is 39.3. The van der Waals surface area contributed by atoms with Crippen LogP contribution < -0.4 is 30.8 Å². The van der Waals surface area contributed by atoms with Gasteiger partial charge in [0, 0.05) is 38.8 Å². The van der Waals surface area contributed by atoms with Gasteiger partial charge in [-0.3, -0.25) is 14.4 Å². The van der Waals surface area contributed by atoms with Crippen LogP contribution in [0.5, 0.6) is 0 Å². The van der Waals surface area contributed by atoms with Gasteiger partial charge in [0.15, 0.2) is 0 Å². The van der Waals surface area contributed by atoms with Crippen molar-refractivity contribution in [3.8, 4) is 10.6 Å². The summed E-state index contributed by atoms with van der Waals surface area (Å²) in [5.74, 6) is -0.650. The predicted octanol–water partition coefficient (Wildman–Crippen LogP) is 4.44. The second-order valence-corrected chi connectivity index (χ2v) is 14.4. The van der Waals surface area contributed by atoms with E-state index in [2.05, 4.69) is 90.0 Å². The Hall–Kier alpha value is -3.86. The molecule has 1 aliphatic heterocycles. The third kappa shape index (κ3) is 13.0. The standard InChI is InChI=1S/C20H37N3O4.C16H18N3S/c1-7-8-9-16(12-24)22-19(26)18(11-14(4)5)23-20(27)17(10-13(2)3)21-15(6)25;1-18(2)11-5-7-13-15(9-11)20-16-10-12(19(3)4)6-8-14(16)17-13/h12-14,16-18H,7-11H2,1-6H3,(H,21,25)(H,22,26)(H,23,27);5-10H,1-4H3/q;+1/t16-,17-,18-;/m0./s1. The van der Waals surface area contributed by atoms with Crippen LogP contribution in [0.4, 0.5) is 5.69 Å². The van der Waals surface area contributed by atoms with Crippen LogP contribution in [-0.2, 0) is 19.2 Å². The Morgan fingerprint density at radius 3 is 2.06 bits per heavy atom. The Morgan fingerprint density at radius 1 is 0.915 bits per heavy atom. The van der Waals surface area contributed by atoms with Crippen molar-refractivity contribution in [2.24, 2.45) is 11.8 Å². The molecule has 0 unspecified atom stereocenters. The molecule has 3 atom stereocenters. The fourth-order valence-corrected chi connectivity index (χ4v) is 6.00. The summed E-state index contributed by atoms with van der Waals surface area (Å²) in [6.07, 6.45) is 4.01. The minimum atomic E-state index is -0.745. The van der Waals surface area contributed by atoms with Crippen molar-refractivity contribution in [2.45, 2.75) is 91.8 Å². The van der Waals surface area contributed by atoms with E-state index in [4.69, 9.17) is 4.98 Å². The molecule has 3 amide bonds. The molecule has 11 heteroatoms. The number of unbranched alkanes of at least 4 members (excludes halogenated alkanes) is 1. The van der Waals surface area contributed by atoms with Crippen molar-refractivity contribution in [3.63, 3.8) is 0 Å². The molecular weight excluding hydrogens is 613 g/mol. The van der Waals surface area contributed by atoms with E-state index in [0.717, 1.165) is 30.3 Å². The van der Waals surface area contributed by atoms with E-state index in [-0.39, 0.29) is 29.6 Å². The monoisotopic (exact) mass is 667 g/mol. The summed E-state index contributed by atoms with van der Waals surface area (Å²) in [6, 6.07) is 10.8. The lowest BCUT2D eigenvalue weighted by atomic mass is 9.99. The van der Waals surface area contributed by atoms with E-state index in [1.54, 1.807) is 11.3 Å². The molecule has 0 saturated carbocycles. The van der Waals surface area contributed by atoms with Gasteiger partial charge in [-0.05, 0) is 55.4 Å². The van der Waals surface area contributed by atoms with Crippen molar-refractivity contribution >= 4 is 51.2 Å². The van der Waals surface area contributed by atoms with Gasteiger partial charge in [-0.1, -0.05) is 47.5 Å². The topological polar surface area (TPSA) is 124 Å². The van der Waals surface area contributed by atoms with Crippen LogP contribution in [0.25, 0.3) is 20.8 Å². The average Bonchev–Trinajstić information content (AvgIpc) is 3.00. The van der Waals surface area contributed by atoms with Gasteiger partial charge in [0.05, 0.1) is 26.8 Å². The highest BCUT2D eigenvalue weighted by atomic mass is 32.1. The molecular formula is C36H55N6O4S+. The molecule has 0 spiro atoms. The molecule has 3 N–H and O–H groups in total. The normalized spacial score (nSPS) is 12.9. The minimum Gasteiger partial charge on any atom is -0.378 e. The van der Waals surface area contributed by atoms with Crippen LogP contribution in [0.1, 0.15) is 73.6 Å². The summed E-state index contributed by atoms with van der Waals surface area (Å²) in [5, 5.41) is 9.34. The molecule has 0 saturated heterocycles. The van der Waals surface area contributed by atoms with E-state index >= 15 is 0 Å². The summed E-state index contributed by atoms with van der Waals surface area (Å²) in [6.45, 7) is 11.2. The van der Waals surface area contributed by atoms with Crippen LogP contribution in [0, 0.1) is 11.8 Å². The summed E-state index contributed by atoms with van der Waals surface area (Å²) in [4.78, 5) is 56.0. The zero-order valence-electron chi connectivity index (χ0n) is 29.8. The maximum absolute atomic E-state index is 12.7. The first-order valence-electron chi connectivity index (χ1n) is 16.5. The molecule has 0 fully saturated rings. The Morgan fingerprint density at radius 2 is 1.53 bits per heavy atom. The molecule has 1 heterocycles. The van der Waals surface area contributed by atoms with Crippen LogP contribution in [0.15, 0.2) is 36.4 Å².